The summed E-state index contributed by atoms with van der Waals surface area (Å²) in [6, 6.07) is 13.6. The van der Waals surface area contributed by atoms with E-state index in [1.54, 1.807) is 0 Å². The van der Waals surface area contributed by atoms with Gasteiger partial charge < -0.3 is 14.9 Å². The number of fused-ring (bicyclic) bond motifs is 2. The van der Waals surface area contributed by atoms with Crippen LogP contribution in [0.25, 0.3) is 10.9 Å². The fourth-order valence-electron chi connectivity index (χ4n) is 2.94. The lowest BCUT2D eigenvalue weighted by molar-refractivity contribution is 0.146. The molecule has 1 aliphatic rings. The number of halogens is 1. The van der Waals surface area contributed by atoms with Crippen molar-refractivity contribution in [2.45, 2.75) is 13.3 Å². The zero-order chi connectivity index (χ0) is 17.4. The quantitative estimate of drug-likeness (QED) is 0.485. The number of aromatic nitrogens is 1. The summed E-state index contributed by atoms with van der Waals surface area (Å²) in [5.41, 5.74) is 4.44. The number of para-hydroxylation sites is 1. The third kappa shape index (κ3) is 2.72. The van der Waals surface area contributed by atoms with Crippen molar-refractivity contribution < 1.29 is 9.94 Å². The minimum absolute atomic E-state index is 0.0721. The molecule has 0 saturated carbocycles. The van der Waals surface area contributed by atoms with E-state index < -0.39 is 0 Å². The Morgan fingerprint density at radius 3 is 2.92 bits per heavy atom. The molecule has 2 heterocycles. The van der Waals surface area contributed by atoms with E-state index in [2.05, 4.69) is 26.1 Å². The number of H-pyrrole nitrogens is 1. The van der Waals surface area contributed by atoms with Gasteiger partial charge in [-0.15, -0.1) is 0 Å². The molecule has 1 aromatic heterocycles. The van der Waals surface area contributed by atoms with Crippen molar-refractivity contribution in [3.05, 3.63) is 58.1 Å². The molecule has 0 radical (unpaired) electrons. The lowest BCUT2D eigenvalue weighted by Crippen LogP contribution is -2.13. The second-order valence-electron chi connectivity index (χ2n) is 5.79. The van der Waals surface area contributed by atoms with Gasteiger partial charge in [0.15, 0.2) is 5.88 Å². The van der Waals surface area contributed by atoms with Crippen LogP contribution >= 0.6 is 15.9 Å². The number of hydrogen-bond acceptors (Lipinski definition) is 4. The van der Waals surface area contributed by atoms with Crippen LogP contribution < -0.4 is 0 Å². The number of rotatable bonds is 4. The average Bonchev–Trinajstić information content (AvgIpc) is 3.11. The highest BCUT2D eigenvalue weighted by atomic mass is 79.9. The van der Waals surface area contributed by atoms with E-state index in [1.807, 2.05) is 49.4 Å². The molecule has 0 spiro atoms. The van der Waals surface area contributed by atoms with Gasteiger partial charge in [-0.05, 0) is 24.6 Å². The predicted octanol–water partition coefficient (Wildman–Crippen LogP) is 4.90. The minimum Gasteiger partial charge on any atom is -0.494 e. The van der Waals surface area contributed by atoms with Gasteiger partial charge in [0.2, 0.25) is 0 Å². The highest BCUT2D eigenvalue weighted by Crippen LogP contribution is 2.36. The van der Waals surface area contributed by atoms with Gasteiger partial charge in [0.05, 0.1) is 16.8 Å². The predicted molar refractivity (Wildman–Crippen MR) is 103 cm³/mol. The smallest absolute Gasteiger partial charge is 0.199 e. The monoisotopic (exact) mass is 397 g/mol. The molecule has 0 amide bonds. The maximum Gasteiger partial charge on any atom is 0.199 e. The van der Waals surface area contributed by atoms with Gasteiger partial charge >= 0.3 is 0 Å². The van der Waals surface area contributed by atoms with E-state index in [-0.39, 0.29) is 5.88 Å². The SMILES string of the molecule is CCCO/N=C1/C(c2c(O)[nH]c3cc(Br)ccc23)=Nc2ccccc21. The Bertz CT molecular complexity index is 1020. The van der Waals surface area contributed by atoms with E-state index in [1.165, 1.54) is 0 Å². The third-order valence-electron chi connectivity index (χ3n) is 4.04. The molecular weight excluding hydrogens is 382 g/mol. The summed E-state index contributed by atoms with van der Waals surface area (Å²) in [6.07, 6.45) is 0.872. The molecule has 3 aromatic rings. The van der Waals surface area contributed by atoms with E-state index in [0.717, 1.165) is 33.0 Å². The highest BCUT2D eigenvalue weighted by Gasteiger charge is 2.29. The molecular formula is C19H16BrN3O2. The van der Waals surface area contributed by atoms with E-state index in [9.17, 15) is 5.11 Å². The molecule has 25 heavy (non-hydrogen) atoms. The van der Waals surface area contributed by atoms with Crippen LogP contribution in [-0.4, -0.2) is 28.1 Å². The zero-order valence-corrected chi connectivity index (χ0v) is 15.2. The fraction of sp³-hybridized carbons (Fsp3) is 0.158. The fourth-order valence-corrected chi connectivity index (χ4v) is 3.30. The summed E-state index contributed by atoms with van der Waals surface area (Å²) in [5.74, 6) is 0.0721. The summed E-state index contributed by atoms with van der Waals surface area (Å²) < 4.78 is 0.935. The Labute approximate surface area is 153 Å². The van der Waals surface area contributed by atoms with Crippen molar-refractivity contribution in [3.8, 4) is 5.88 Å². The van der Waals surface area contributed by atoms with Crippen molar-refractivity contribution in [2.24, 2.45) is 10.1 Å². The summed E-state index contributed by atoms with van der Waals surface area (Å²) in [5, 5.41) is 15.7. The van der Waals surface area contributed by atoms with Crippen LogP contribution in [0.2, 0.25) is 0 Å². The average molecular weight is 398 g/mol. The van der Waals surface area contributed by atoms with Crippen LogP contribution in [0.4, 0.5) is 5.69 Å². The lowest BCUT2D eigenvalue weighted by Gasteiger charge is -2.04. The van der Waals surface area contributed by atoms with Gasteiger partial charge in [-0.3, -0.25) is 0 Å². The number of nitrogens with one attached hydrogen (secondary N) is 1. The molecule has 1 aliphatic heterocycles. The molecule has 4 rings (SSSR count). The second-order valence-corrected chi connectivity index (χ2v) is 6.70. The molecule has 2 aromatic carbocycles. The van der Waals surface area contributed by atoms with Crippen LogP contribution in [0, 0.1) is 0 Å². The maximum atomic E-state index is 10.5. The van der Waals surface area contributed by atoms with Gasteiger partial charge in [0.1, 0.15) is 18.0 Å². The Morgan fingerprint density at radius 1 is 1.24 bits per heavy atom. The maximum absolute atomic E-state index is 10.5. The zero-order valence-electron chi connectivity index (χ0n) is 13.6. The van der Waals surface area contributed by atoms with E-state index in [0.29, 0.717) is 23.6 Å². The Hall–Kier alpha value is -2.60. The molecule has 0 aliphatic carbocycles. The first-order chi connectivity index (χ1) is 12.2. The first-order valence-electron chi connectivity index (χ1n) is 8.08. The van der Waals surface area contributed by atoms with E-state index in [4.69, 9.17) is 9.83 Å². The molecule has 6 heteroatoms. The molecule has 0 unspecified atom stereocenters. The molecule has 0 saturated heterocycles. The molecule has 2 N–H and O–H groups in total. The van der Waals surface area contributed by atoms with Gasteiger partial charge in [0, 0.05) is 15.4 Å². The summed E-state index contributed by atoms with van der Waals surface area (Å²) >= 11 is 3.45. The first-order valence-corrected chi connectivity index (χ1v) is 8.87. The molecule has 0 atom stereocenters. The Balaban J connectivity index is 1.89. The number of aromatic hydroxyl groups is 1. The van der Waals surface area contributed by atoms with Crippen molar-refractivity contribution in [3.63, 3.8) is 0 Å². The normalized spacial score (nSPS) is 14.8. The summed E-state index contributed by atoms with van der Waals surface area (Å²) in [7, 11) is 0. The third-order valence-corrected chi connectivity index (χ3v) is 4.54. The molecule has 5 nitrogen and oxygen atoms in total. The molecule has 126 valence electrons. The second kappa shape index (κ2) is 6.37. The van der Waals surface area contributed by atoms with Crippen molar-refractivity contribution in [1.29, 1.82) is 0 Å². The topological polar surface area (TPSA) is 70.0 Å². The number of nitrogens with zero attached hydrogens (tertiary/aromatic N) is 2. The number of aliphatic imine (C=N–C) groups is 1. The molecule has 0 bridgehead atoms. The lowest BCUT2D eigenvalue weighted by atomic mass is 10.0. The Morgan fingerprint density at radius 2 is 2.08 bits per heavy atom. The van der Waals surface area contributed by atoms with Crippen LogP contribution in [0.5, 0.6) is 5.88 Å². The number of benzene rings is 2. The van der Waals surface area contributed by atoms with Crippen molar-refractivity contribution in [1.82, 2.24) is 4.98 Å². The van der Waals surface area contributed by atoms with Gasteiger partial charge in [-0.1, -0.05) is 52.3 Å². The largest absolute Gasteiger partial charge is 0.494 e. The van der Waals surface area contributed by atoms with Crippen LogP contribution in [0.15, 0.2) is 57.1 Å². The molecule has 0 fully saturated rings. The van der Waals surface area contributed by atoms with Crippen LogP contribution in [-0.2, 0) is 4.84 Å². The first kappa shape index (κ1) is 15.9. The number of oxime groups is 1. The van der Waals surface area contributed by atoms with Gasteiger partial charge in [0.25, 0.3) is 0 Å². The number of aromatic amines is 1. The van der Waals surface area contributed by atoms with Crippen LogP contribution in [0.3, 0.4) is 0 Å². The highest BCUT2D eigenvalue weighted by molar-refractivity contribution is 9.10. The van der Waals surface area contributed by atoms with Crippen molar-refractivity contribution in [2.75, 3.05) is 6.61 Å². The van der Waals surface area contributed by atoms with Crippen molar-refractivity contribution >= 4 is 43.9 Å². The van der Waals surface area contributed by atoms with E-state index >= 15 is 0 Å². The minimum atomic E-state index is 0.0721. The summed E-state index contributed by atoms with van der Waals surface area (Å²) in [4.78, 5) is 13.1. The van der Waals surface area contributed by atoms with Crippen LogP contribution in [0.1, 0.15) is 24.5 Å². The Kier molecular flexibility index (Phi) is 4.05. The van der Waals surface area contributed by atoms with Gasteiger partial charge in [-0.25, -0.2) is 4.99 Å². The standard InChI is InChI=1S/C19H16BrN3O2/c1-2-9-25-23-17-13-5-3-4-6-14(13)21-18(17)16-12-8-7-11(20)10-15(12)22-19(16)24/h3-8,10,22,24H,2,9H2,1H3/b23-17+. The summed E-state index contributed by atoms with van der Waals surface area (Å²) in [6.45, 7) is 2.56. The van der Waals surface area contributed by atoms with Gasteiger partial charge in [-0.2, -0.15) is 0 Å². The number of hydrogen-bond donors (Lipinski definition) is 2.